The first-order chi connectivity index (χ1) is 14.5. The number of alkyl halides is 1. The van der Waals surface area contributed by atoms with Gasteiger partial charge >= 0.3 is 19.7 Å². The summed E-state index contributed by atoms with van der Waals surface area (Å²) < 4.78 is 34.8. The fourth-order valence-electron chi connectivity index (χ4n) is 2.47. The molecule has 0 aromatic carbocycles. The third-order valence-electron chi connectivity index (χ3n) is 4.09. The zero-order valence-corrected chi connectivity index (χ0v) is 17.8. The van der Waals surface area contributed by atoms with Crippen LogP contribution >= 0.6 is 7.60 Å². The van der Waals surface area contributed by atoms with E-state index in [9.17, 15) is 24.0 Å². The molecule has 0 amide bonds. The van der Waals surface area contributed by atoms with Gasteiger partial charge in [0.15, 0.2) is 0 Å². The number of carbonyl (C=O) groups excluding carboxylic acids is 1. The molecule has 11 heteroatoms. The van der Waals surface area contributed by atoms with Crippen LogP contribution in [0.4, 0.5) is 4.39 Å². The van der Waals surface area contributed by atoms with Gasteiger partial charge in [-0.15, -0.1) is 0 Å². The van der Waals surface area contributed by atoms with E-state index < -0.39 is 50.0 Å². The summed E-state index contributed by atoms with van der Waals surface area (Å²) in [6, 6.07) is 0. The number of aliphatic hydroxyl groups excluding tert-OH is 2. The number of hydrogen-bond acceptors (Lipinski definition) is 7. The van der Waals surface area contributed by atoms with Crippen molar-refractivity contribution >= 4 is 13.6 Å². The molecule has 1 aliphatic heterocycles. The lowest BCUT2D eigenvalue weighted by Crippen LogP contribution is -2.43. The highest BCUT2D eigenvalue weighted by atomic mass is 31.2. The van der Waals surface area contributed by atoms with Crippen LogP contribution in [-0.4, -0.2) is 67.7 Å². The maximum atomic E-state index is 13.9. The van der Waals surface area contributed by atoms with Crippen LogP contribution in [0.5, 0.6) is 0 Å². The molecule has 2 unspecified atom stereocenters. The molecule has 5 N–H and O–H groups in total. The summed E-state index contributed by atoms with van der Waals surface area (Å²) in [5.41, 5.74) is -1.97. The smallest absolute Gasteiger partial charge is 0.386 e. The van der Waals surface area contributed by atoms with E-state index in [0.29, 0.717) is 6.42 Å². The normalized spacial score (nSPS) is 22.9. The van der Waals surface area contributed by atoms with Gasteiger partial charge in [0, 0.05) is 18.9 Å². The summed E-state index contributed by atoms with van der Waals surface area (Å²) in [7, 11) is -5.26. The van der Waals surface area contributed by atoms with Crippen molar-refractivity contribution in [3.05, 3.63) is 60.8 Å². The summed E-state index contributed by atoms with van der Waals surface area (Å²) in [4.78, 5) is 29.2. The quantitative estimate of drug-likeness (QED) is 0.125. The lowest BCUT2D eigenvalue weighted by molar-refractivity contribution is -0.142. The highest BCUT2D eigenvalue weighted by Crippen LogP contribution is 2.44. The Balaban J connectivity index is 2.93. The standard InChI is InChI=1S/C20H28FO9P/c1-20(25,12-11-16-9-7-10-18(24)29-16)17(30-19(21)31(26,27)28)14-15(23)8-5-3-2-4-6-13-22/h2-8,10-12,15-17,19,22-23,25H,9,13-14H2,1H3,(H2,26,27,28)/t15-,16+,17?,19?,20+/m0/s1. The molecule has 0 saturated heterocycles. The van der Waals surface area contributed by atoms with Crippen LogP contribution in [0, 0.1) is 0 Å². The zero-order chi connectivity index (χ0) is 23.5. The average Bonchev–Trinajstić information content (AvgIpc) is 2.68. The van der Waals surface area contributed by atoms with Crippen molar-refractivity contribution in [1.82, 2.24) is 0 Å². The molecule has 0 aliphatic carbocycles. The number of esters is 1. The van der Waals surface area contributed by atoms with Crippen molar-refractivity contribution in [2.24, 2.45) is 0 Å². The molecule has 1 rings (SSSR count). The average molecular weight is 462 g/mol. The van der Waals surface area contributed by atoms with Crippen LogP contribution < -0.4 is 0 Å². The Morgan fingerprint density at radius 3 is 2.65 bits per heavy atom. The molecule has 0 aromatic heterocycles. The van der Waals surface area contributed by atoms with E-state index in [0.717, 1.165) is 6.08 Å². The van der Waals surface area contributed by atoms with Gasteiger partial charge < -0.3 is 34.6 Å². The molecule has 9 nitrogen and oxygen atoms in total. The molecule has 174 valence electrons. The summed E-state index contributed by atoms with van der Waals surface area (Å²) in [5.74, 6) is -0.568. The molecule has 0 bridgehead atoms. The van der Waals surface area contributed by atoms with Crippen molar-refractivity contribution in [2.75, 3.05) is 6.61 Å². The summed E-state index contributed by atoms with van der Waals surface area (Å²) >= 11 is 0. The topological polar surface area (TPSA) is 154 Å². The predicted molar refractivity (Wildman–Crippen MR) is 110 cm³/mol. The lowest BCUT2D eigenvalue weighted by atomic mass is 9.92. The Labute approximate surface area is 179 Å². The minimum absolute atomic E-state index is 0.126. The fourth-order valence-corrected chi connectivity index (χ4v) is 2.77. The van der Waals surface area contributed by atoms with Gasteiger partial charge in [0.25, 0.3) is 0 Å². The second kappa shape index (κ2) is 12.8. The second-order valence-electron chi connectivity index (χ2n) is 6.89. The molecular weight excluding hydrogens is 434 g/mol. The van der Waals surface area contributed by atoms with E-state index in [1.165, 1.54) is 37.3 Å². The monoisotopic (exact) mass is 462 g/mol. The van der Waals surface area contributed by atoms with Crippen LogP contribution in [0.25, 0.3) is 0 Å². The van der Waals surface area contributed by atoms with E-state index in [4.69, 9.17) is 24.4 Å². The van der Waals surface area contributed by atoms with Crippen molar-refractivity contribution in [3.63, 3.8) is 0 Å². The third kappa shape index (κ3) is 10.8. The van der Waals surface area contributed by atoms with Crippen LogP contribution in [0.1, 0.15) is 19.8 Å². The van der Waals surface area contributed by atoms with E-state index in [1.807, 2.05) is 0 Å². The van der Waals surface area contributed by atoms with Crippen molar-refractivity contribution in [3.8, 4) is 0 Å². The van der Waals surface area contributed by atoms with Crippen LogP contribution in [0.3, 0.4) is 0 Å². The third-order valence-corrected chi connectivity index (χ3v) is 4.75. The first kappa shape index (κ1) is 27.1. The van der Waals surface area contributed by atoms with E-state index >= 15 is 0 Å². The maximum absolute atomic E-state index is 13.9. The predicted octanol–water partition coefficient (Wildman–Crippen LogP) is 1.39. The van der Waals surface area contributed by atoms with E-state index in [2.05, 4.69) is 0 Å². The van der Waals surface area contributed by atoms with Gasteiger partial charge in [-0.1, -0.05) is 48.6 Å². The van der Waals surface area contributed by atoms with Crippen molar-refractivity contribution in [1.29, 1.82) is 0 Å². The van der Waals surface area contributed by atoms with Gasteiger partial charge in [0.05, 0.1) is 18.8 Å². The maximum Gasteiger partial charge on any atom is 0.386 e. The van der Waals surface area contributed by atoms with Crippen molar-refractivity contribution in [2.45, 2.75) is 49.8 Å². The summed E-state index contributed by atoms with van der Waals surface area (Å²) in [6.07, 6.45) is 7.71. The summed E-state index contributed by atoms with van der Waals surface area (Å²) in [6.45, 7) is 1.08. The van der Waals surface area contributed by atoms with Gasteiger partial charge in [-0.3, -0.25) is 4.57 Å². The number of rotatable bonds is 12. The highest BCUT2D eigenvalue weighted by Gasteiger charge is 2.39. The Morgan fingerprint density at radius 1 is 1.35 bits per heavy atom. The first-order valence-electron chi connectivity index (χ1n) is 9.38. The molecule has 1 heterocycles. The van der Waals surface area contributed by atoms with Crippen LogP contribution in [-0.2, 0) is 18.8 Å². The van der Waals surface area contributed by atoms with Gasteiger partial charge in [-0.2, -0.15) is 0 Å². The number of cyclic esters (lactones) is 1. The number of aliphatic hydroxyl groups is 3. The van der Waals surface area contributed by atoms with Crippen LogP contribution in [0.15, 0.2) is 60.8 Å². The molecular formula is C20H28FO9P. The molecule has 1 aliphatic rings. The Morgan fingerprint density at radius 2 is 2.03 bits per heavy atom. The Kier molecular flexibility index (Phi) is 11.2. The molecule has 31 heavy (non-hydrogen) atoms. The van der Waals surface area contributed by atoms with Gasteiger partial charge in [0.2, 0.25) is 0 Å². The Bertz CT molecular complexity index is 767. The highest BCUT2D eigenvalue weighted by molar-refractivity contribution is 7.52. The first-order valence-corrected chi connectivity index (χ1v) is 11.1. The van der Waals surface area contributed by atoms with E-state index in [-0.39, 0.29) is 6.61 Å². The minimum atomic E-state index is -5.26. The minimum Gasteiger partial charge on any atom is -0.455 e. The van der Waals surface area contributed by atoms with Gasteiger partial charge in [-0.25, -0.2) is 9.18 Å². The molecule has 0 saturated carbocycles. The Hall–Kier alpha value is -1.91. The van der Waals surface area contributed by atoms with Crippen molar-refractivity contribution < 1.29 is 48.3 Å². The number of hydrogen-bond donors (Lipinski definition) is 5. The number of ether oxygens (including phenoxy) is 2. The SMILES string of the molecule is C[C@@](O)(C=C[C@H]1CC=CC(=O)O1)C(C[C@@H](O)C=CC=CC=CCO)OC(F)P(=O)(O)O. The molecule has 0 spiro atoms. The van der Waals surface area contributed by atoms with E-state index in [1.54, 1.807) is 24.3 Å². The zero-order valence-electron chi connectivity index (χ0n) is 16.9. The molecule has 0 aromatic rings. The lowest BCUT2D eigenvalue weighted by Gasteiger charge is -2.32. The molecule has 0 radical (unpaired) electrons. The van der Waals surface area contributed by atoms with Crippen LogP contribution in [0.2, 0.25) is 0 Å². The number of halogens is 1. The largest absolute Gasteiger partial charge is 0.455 e. The van der Waals surface area contributed by atoms with Gasteiger partial charge in [-0.05, 0) is 13.0 Å². The number of allylic oxidation sites excluding steroid dienone is 4. The van der Waals surface area contributed by atoms with Gasteiger partial charge in [0.1, 0.15) is 11.7 Å². The molecule has 5 atom stereocenters. The molecule has 0 fully saturated rings. The fraction of sp³-hybridized carbons (Fsp3) is 0.450. The second-order valence-corrected chi connectivity index (χ2v) is 8.47. The number of carbonyl (C=O) groups is 1. The summed E-state index contributed by atoms with van der Waals surface area (Å²) in [5, 5.41) is 29.5.